The minimum Gasteiger partial charge on any atom is -0.479 e. The summed E-state index contributed by atoms with van der Waals surface area (Å²) in [4.78, 5) is 22.4. The summed E-state index contributed by atoms with van der Waals surface area (Å²) in [6.07, 6.45) is 0. The molecule has 1 aromatic rings. The van der Waals surface area contributed by atoms with Crippen molar-refractivity contribution in [1.82, 2.24) is 5.32 Å². The zero-order valence-corrected chi connectivity index (χ0v) is 10.9. The summed E-state index contributed by atoms with van der Waals surface area (Å²) in [6, 6.07) is 4.55. The molecule has 7 heteroatoms. The van der Waals surface area contributed by atoms with Crippen LogP contribution >= 0.6 is 23.2 Å². The number of hydrogen-bond donors (Lipinski definition) is 3. The summed E-state index contributed by atoms with van der Waals surface area (Å²) in [5.41, 5.74) is -2.01. The quantitative estimate of drug-likeness (QED) is 0.786. The van der Waals surface area contributed by atoms with Crippen LogP contribution in [-0.2, 0) is 4.79 Å². The highest BCUT2D eigenvalue weighted by atomic mass is 35.5. The topological polar surface area (TPSA) is 86.6 Å². The van der Waals surface area contributed by atoms with E-state index in [0.29, 0.717) is 0 Å². The normalized spacial score (nSPS) is 13.8. The largest absolute Gasteiger partial charge is 0.479 e. The number of carbonyl (C=O) groups excluding carboxylic acids is 1. The van der Waals surface area contributed by atoms with E-state index >= 15 is 0 Å². The maximum absolute atomic E-state index is 11.8. The monoisotopic (exact) mass is 291 g/mol. The van der Waals surface area contributed by atoms with Gasteiger partial charge in [0.2, 0.25) is 0 Å². The Bertz CT molecular complexity index is 468. The van der Waals surface area contributed by atoms with E-state index in [1.807, 2.05) is 0 Å². The molecular weight excluding hydrogens is 281 g/mol. The maximum atomic E-state index is 11.8. The van der Waals surface area contributed by atoms with E-state index in [4.69, 9.17) is 28.3 Å². The molecule has 1 atom stereocenters. The second kappa shape index (κ2) is 5.56. The van der Waals surface area contributed by atoms with Crippen molar-refractivity contribution in [3.8, 4) is 0 Å². The molecule has 0 saturated heterocycles. The number of rotatable bonds is 4. The average molecular weight is 292 g/mol. The fourth-order valence-corrected chi connectivity index (χ4v) is 1.70. The molecule has 0 aliphatic heterocycles. The van der Waals surface area contributed by atoms with Gasteiger partial charge in [-0.1, -0.05) is 29.3 Å². The van der Waals surface area contributed by atoms with E-state index in [1.165, 1.54) is 12.1 Å². The minimum absolute atomic E-state index is 0.0435. The van der Waals surface area contributed by atoms with Crippen LogP contribution in [0.1, 0.15) is 17.3 Å². The Labute approximate surface area is 113 Å². The first-order valence-electron chi connectivity index (χ1n) is 4.93. The third kappa shape index (κ3) is 3.35. The molecule has 18 heavy (non-hydrogen) atoms. The Morgan fingerprint density at radius 2 is 1.83 bits per heavy atom. The van der Waals surface area contributed by atoms with Crippen molar-refractivity contribution in [1.29, 1.82) is 0 Å². The molecule has 1 unspecified atom stereocenters. The molecule has 98 valence electrons. The van der Waals surface area contributed by atoms with Crippen molar-refractivity contribution < 1.29 is 19.8 Å². The molecular formula is C11H11Cl2NO4. The Kier molecular flexibility index (Phi) is 4.56. The van der Waals surface area contributed by atoms with Crippen LogP contribution in [-0.4, -0.2) is 34.2 Å². The number of halogens is 2. The lowest BCUT2D eigenvalue weighted by atomic mass is 10.1. The number of carboxylic acid groups (broad SMARTS) is 1. The van der Waals surface area contributed by atoms with Gasteiger partial charge in [0, 0.05) is 0 Å². The van der Waals surface area contributed by atoms with E-state index in [1.54, 1.807) is 6.07 Å². The predicted octanol–water partition coefficient (Wildman–Crippen LogP) is 1.56. The SMILES string of the molecule is CC(O)(CNC(=O)c1c(Cl)cccc1Cl)C(=O)O. The number of nitrogens with one attached hydrogen (secondary N) is 1. The van der Waals surface area contributed by atoms with Gasteiger partial charge >= 0.3 is 5.97 Å². The first-order valence-corrected chi connectivity index (χ1v) is 5.69. The predicted molar refractivity (Wildman–Crippen MR) is 67.1 cm³/mol. The standard InChI is InChI=1S/C11H11Cl2NO4/c1-11(18,10(16)17)5-14-9(15)8-6(12)3-2-4-7(8)13/h2-4,18H,5H2,1H3,(H,14,15)(H,16,17). The lowest BCUT2D eigenvalue weighted by Crippen LogP contribution is -2.46. The third-order valence-corrected chi connectivity index (χ3v) is 2.87. The fraction of sp³-hybridized carbons (Fsp3) is 0.273. The molecule has 1 rings (SSSR count). The number of carbonyl (C=O) groups is 2. The summed E-state index contributed by atoms with van der Waals surface area (Å²) in [5, 5.41) is 20.7. The Morgan fingerprint density at radius 1 is 1.33 bits per heavy atom. The highest BCUT2D eigenvalue weighted by molar-refractivity contribution is 6.39. The molecule has 0 bridgehead atoms. The van der Waals surface area contributed by atoms with Gasteiger partial charge in [0.15, 0.2) is 5.60 Å². The van der Waals surface area contributed by atoms with Gasteiger partial charge in [-0.15, -0.1) is 0 Å². The van der Waals surface area contributed by atoms with Crippen LogP contribution in [0.25, 0.3) is 0 Å². The van der Waals surface area contributed by atoms with E-state index < -0.39 is 24.0 Å². The third-order valence-electron chi connectivity index (χ3n) is 2.24. The van der Waals surface area contributed by atoms with E-state index in [2.05, 4.69) is 5.32 Å². The molecule has 0 aromatic heterocycles. The lowest BCUT2D eigenvalue weighted by molar-refractivity contribution is -0.155. The Hall–Kier alpha value is -1.30. The number of carboxylic acids is 1. The number of benzene rings is 1. The summed E-state index contributed by atoms with van der Waals surface area (Å²) in [6.45, 7) is 0.618. The van der Waals surface area contributed by atoms with Gasteiger partial charge in [-0.05, 0) is 19.1 Å². The van der Waals surface area contributed by atoms with Crippen molar-refractivity contribution in [3.63, 3.8) is 0 Å². The van der Waals surface area contributed by atoms with Gasteiger partial charge in [0.05, 0.1) is 22.2 Å². The smallest absolute Gasteiger partial charge is 0.337 e. The van der Waals surface area contributed by atoms with E-state index in [9.17, 15) is 14.7 Å². The zero-order chi connectivity index (χ0) is 13.9. The number of aliphatic hydroxyl groups is 1. The summed E-state index contributed by atoms with van der Waals surface area (Å²) < 4.78 is 0. The number of aliphatic carboxylic acids is 1. The van der Waals surface area contributed by atoms with Crippen molar-refractivity contribution in [2.75, 3.05) is 6.54 Å². The van der Waals surface area contributed by atoms with Gasteiger partial charge in [0.25, 0.3) is 5.91 Å². The molecule has 0 aliphatic carbocycles. The number of amides is 1. The summed E-state index contributed by atoms with van der Waals surface area (Å²) >= 11 is 11.6. The summed E-state index contributed by atoms with van der Waals surface area (Å²) in [7, 11) is 0. The minimum atomic E-state index is -2.05. The second-order valence-electron chi connectivity index (χ2n) is 3.86. The molecule has 1 amide bonds. The second-order valence-corrected chi connectivity index (χ2v) is 4.67. The molecule has 0 saturated carbocycles. The highest BCUT2D eigenvalue weighted by Crippen LogP contribution is 2.24. The summed E-state index contributed by atoms with van der Waals surface area (Å²) in [5.74, 6) is -2.08. The van der Waals surface area contributed by atoms with Crippen molar-refractivity contribution >= 4 is 35.1 Å². The first-order chi connectivity index (χ1) is 8.25. The van der Waals surface area contributed by atoms with Crippen LogP contribution in [0.4, 0.5) is 0 Å². The lowest BCUT2D eigenvalue weighted by Gasteiger charge is -2.18. The number of hydrogen-bond acceptors (Lipinski definition) is 3. The molecule has 0 fully saturated rings. The van der Waals surface area contributed by atoms with Gasteiger partial charge in [-0.3, -0.25) is 4.79 Å². The van der Waals surface area contributed by atoms with Crippen LogP contribution in [0.3, 0.4) is 0 Å². The zero-order valence-electron chi connectivity index (χ0n) is 9.41. The van der Waals surface area contributed by atoms with Gasteiger partial charge < -0.3 is 15.5 Å². The van der Waals surface area contributed by atoms with Crippen molar-refractivity contribution in [3.05, 3.63) is 33.8 Å². The molecule has 3 N–H and O–H groups in total. The fourth-order valence-electron chi connectivity index (χ4n) is 1.13. The van der Waals surface area contributed by atoms with Gasteiger partial charge in [0.1, 0.15) is 0 Å². The Morgan fingerprint density at radius 3 is 2.28 bits per heavy atom. The Balaban J connectivity index is 2.82. The molecule has 1 aromatic carbocycles. The molecule has 0 spiro atoms. The highest BCUT2D eigenvalue weighted by Gasteiger charge is 2.30. The molecule has 0 heterocycles. The van der Waals surface area contributed by atoms with E-state index in [0.717, 1.165) is 6.92 Å². The van der Waals surface area contributed by atoms with Crippen LogP contribution in [0.5, 0.6) is 0 Å². The van der Waals surface area contributed by atoms with Crippen LogP contribution in [0, 0.1) is 0 Å². The average Bonchev–Trinajstić information content (AvgIpc) is 2.26. The van der Waals surface area contributed by atoms with Crippen LogP contribution in [0.2, 0.25) is 10.0 Å². The van der Waals surface area contributed by atoms with Crippen molar-refractivity contribution in [2.45, 2.75) is 12.5 Å². The molecule has 0 aliphatic rings. The molecule has 5 nitrogen and oxygen atoms in total. The van der Waals surface area contributed by atoms with E-state index in [-0.39, 0.29) is 15.6 Å². The van der Waals surface area contributed by atoms with Crippen molar-refractivity contribution in [2.24, 2.45) is 0 Å². The molecule has 0 radical (unpaired) electrons. The van der Waals surface area contributed by atoms with Gasteiger partial charge in [-0.25, -0.2) is 4.79 Å². The van der Waals surface area contributed by atoms with Gasteiger partial charge in [-0.2, -0.15) is 0 Å². The first kappa shape index (κ1) is 14.8. The van der Waals surface area contributed by atoms with Crippen LogP contribution in [0.15, 0.2) is 18.2 Å². The van der Waals surface area contributed by atoms with Crippen LogP contribution < -0.4 is 5.32 Å². The maximum Gasteiger partial charge on any atom is 0.337 e.